The molecule has 0 aliphatic carbocycles. The van der Waals surface area contributed by atoms with Crippen LogP contribution in [0.4, 0.5) is 4.79 Å². The molecule has 1 amide bonds. The summed E-state index contributed by atoms with van der Waals surface area (Å²) in [6, 6.07) is 19.0. The van der Waals surface area contributed by atoms with Gasteiger partial charge in [-0.2, -0.15) is 0 Å². The van der Waals surface area contributed by atoms with E-state index in [1.165, 1.54) is 21.6 Å². The highest BCUT2D eigenvalue weighted by molar-refractivity contribution is 5.67. The Morgan fingerprint density at radius 1 is 1.00 bits per heavy atom. The van der Waals surface area contributed by atoms with Gasteiger partial charge in [-0.15, -0.1) is 0 Å². The van der Waals surface area contributed by atoms with E-state index in [4.69, 9.17) is 5.11 Å². The first-order chi connectivity index (χ1) is 10.7. The number of hydrogen-bond donors (Lipinski definition) is 1. The van der Waals surface area contributed by atoms with Gasteiger partial charge in [0, 0.05) is 13.1 Å². The minimum atomic E-state index is -0.789. The summed E-state index contributed by atoms with van der Waals surface area (Å²) >= 11 is 0. The number of hydrogen-bond acceptors (Lipinski definition) is 1. The number of carboxylic acid groups (broad SMARTS) is 1. The van der Waals surface area contributed by atoms with E-state index in [2.05, 4.69) is 48.5 Å². The topological polar surface area (TPSA) is 40.5 Å². The molecule has 2 aromatic rings. The van der Waals surface area contributed by atoms with Crippen LogP contribution in [0.2, 0.25) is 0 Å². The highest BCUT2D eigenvalue weighted by Crippen LogP contribution is 2.28. The van der Waals surface area contributed by atoms with Crippen LogP contribution in [0.25, 0.3) is 11.1 Å². The van der Waals surface area contributed by atoms with Crippen molar-refractivity contribution in [2.45, 2.75) is 19.3 Å². The van der Waals surface area contributed by atoms with Crippen molar-refractivity contribution < 1.29 is 9.90 Å². The summed E-state index contributed by atoms with van der Waals surface area (Å²) in [5.41, 5.74) is 3.91. The molecule has 0 aromatic heterocycles. The van der Waals surface area contributed by atoms with Crippen LogP contribution in [0.1, 0.15) is 18.4 Å². The summed E-state index contributed by atoms with van der Waals surface area (Å²) in [5.74, 6) is 0.570. The molecule has 3 heteroatoms. The molecule has 114 valence electrons. The largest absolute Gasteiger partial charge is 0.465 e. The van der Waals surface area contributed by atoms with E-state index < -0.39 is 6.09 Å². The Balaban J connectivity index is 1.73. The maximum atomic E-state index is 11.0. The normalized spacial score (nSPS) is 15.7. The molecule has 0 radical (unpaired) electrons. The van der Waals surface area contributed by atoms with Crippen molar-refractivity contribution in [2.75, 3.05) is 13.1 Å². The molecular formula is C19H21NO2. The van der Waals surface area contributed by atoms with Gasteiger partial charge in [0.15, 0.2) is 0 Å². The lowest BCUT2D eigenvalue weighted by molar-refractivity contribution is 0.124. The van der Waals surface area contributed by atoms with Gasteiger partial charge in [0.1, 0.15) is 0 Å². The van der Waals surface area contributed by atoms with Crippen LogP contribution in [0.5, 0.6) is 0 Å². The number of likely N-dealkylation sites (tertiary alicyclic amines) is 1. The van der Waals surface area contributed by atoms with Crippen molar-refractivity contribution in [3.05, 3.63) is 60.2 Å². The fourth-order valence-electron chi connectivity index (χ4n) is 3.24. The molecule has 0 spiro atoms. The standard InChI is InChI=1S/C19H21NO2/c21-19(22)20-12-10-15(11-13-20)14-17-8-4-5-9-18(17)16-6-2-1-3-7-16/h1-9,15H,10-14H2,(H,21,22). The molecule has 0 atom stereocenters. The fraction of sp³-hybridized carbons (Fsp3) is 0.316. The molecule has 0 saturated carbocycles. The number of carbonyl (C=O) groups is 1. The van der Waals surface area contributed by atoms with Crippen LogP contribution in [0.3, 0.4) is 0 Å². The van der Waals surface area contributed by atoms with Crippen molar-refractivity contribution >= 4 is 6.09 Å². The van der Waals surface area contributed by atoms with Crippen LogP contribution in [0, 0.1) is 5.92 Å². The first-order valence-electron chi connectivity index (χ1n) is 7.85. The summed E-state index contributed by atoms with van der Waals surface area (Å²) in [5, 5.41) is 9.03. The molecule has 1 saturated heterocycles. The molecule has 0 bridgehead atoms. The summed E-state index contributed by atoms with van der Waals surface area (Å²) in [6.45, 7) is 1.32. The zero-order chi connectivity index (χ0) is 15.4. The first-order valence-corrected chi connectivity index (χ1v) is 7.85. The van der Waals surface area contributed by atoms with Crippen LogP contribution in [-0.2, 0) is 6.42 Å². The molecule has 0 unspecified atom stereocenters. The third-order valence-electron chi connectivity index (χ3n) is 4.50. The molecule has 1 heterocycles. The number of piperidine rings is 1. The van der Waals surface area contributed by atoms with Gasteiger partial charge in [-0.1, -0.05) is 54.6 Å². The third-order valence-corrected chi connectivity index (χ3v) is 4.50. The molecule has 1 aliphatic rings. The molecule has 1 fully saturated rings. The van der Waals surface area contributed by atoms with Crippen LogP contribution in [-0.4, -0.2) is 29.2 Å². The average Bonchev–Trinajstić information content (AvgIpc) is 2.57. The Morgan fingerprint density at radius 3 is 2.32 bits per heavy atom. The Morgan fingerprint density at radius 2 is 1.64 bits per heavy atom. The van der Waals surface area contributed by atoms with Gasteiger partial charge in [0.25, 0.3) is 0 Å². The van der Waals surface area contributed by atoms with Crippen LogP contribution < -0.4 is 0 Å². The molecule has 3 rings (SSSR count). The van der Waals surface area contributed by atoms with Crippen molar-refractivity contribution in [1.29, 1.82) is 0 Å². The monoisotopic (exact) mass is 295 g/mol. The Bertz CT molecular complexity index is 631. The van der Waals surface area contributed by atoms with Crippen molar-refractivity contribution in [3.8, 4) is 11.1 Å². The number of nitrogens with zero attached hydrogens (tertiary/aromatic N) is 1. The molecule has 3 nitrogen and oxygen atoms in total. The summed E-state index contributed by atoms with van der Waals surface area (Å²) in [6.07, 6.45) is 2.15. The van der Waals surface area contributed by atoms with E-state index in [-0.39, 0.29) is 0 Å². The van der Waals surface area contributed by atoms with Gasteiger partial charge in [-0.25, -0.2) is 4.79 Å². The zero-order valence-corrected chi connectivity index (χ0v) is 12.6. The van der Waals surface area contributed by atoms with Gasteiger partial charge < -0.3 is 10.0 Å². The zero-order valence-electron chi connectivity index (χ0n) is 12.6. The van der Waals surface area contributed by atoms with Crippen molar-refractivity contribution in [2.24, 2.45) is 5.92 Å². The molecule has 1 N–H and O–H groups in total. The van der Waals surface area contributed by atoms with E-state index in [1.54, 1.807) is 0 Å². The van der Waals surface area contributed by atoms with E-state index in [1.807, 2.05) is 6.07 Å². The SMILES string of the molecule is O=C(O)N1CCC(Cc2ccccc2-c2ccccc2)CC1. The highest BCUT2D eigenvalue weighted by atomic mass is 16.4. The van der Waals surface area contributed by atoms with Crippen molar-refractivity contribution in [3.63, 3.8) is 0 Å². The maximum Gasteiger partial charge on any atom is 0.407 e. The Kier molecular flexibility index (Phi) is 4.42. The van der Waals surface area contributed by atoms with Gasteiger partial charge in [-0.3, -0.25) is 0 Å². The predicted molar refractivity (Wildman–Crippen MR) is 87.9 cm³/mol. The maximum absolute atomic E-state index is 11.0. The molecule has 1 aliphatic heterocycles. The second-order valence-corrected chi connectivity index (χ2v) is 5.94. The second kappa shape index (κ2) is 6.65. The smallest absolute Gasteiger partial charge is 0.407 e. The average molecular weight is 295 g/mol. The molecule has 22 heavy (non-hydrogen) atoms. The van der Waals surface area contributed by atoms with Crippen LogP contribution in [0.15, 0.2) is 54.6 Å². The van der Waals surface area contributed by atoms with Gasteiger partial charge in [0.2, 0.25) is 0 Å². The summed E-state index contributed by atoms with van der Waals surface area (Å²) in [4.78, 5) is 12.5. The first kappa shape index (κ1) is 14.6. The summed E-state index contributed by atoms with van der Waals surface area (Å²) in [7, 11) is 0. The minimum Gasteiger partial charge on any atom is -0.465 e. The van der Waals surface area contributed by atoms with Crippen LogP contribution >= 0.6 is 0 Å². The fourth-order valence-corrected chi connectivity index (χ4v) is 3.24. The van der Waals surface area contributed by atoms with E-state index in [0.717, 1.165) is 19.3 Å². The molecular weight excluding hydrogens is 274 g/mol. The quantitative estimate of drug-likeness (QED) is 0.917. The lowest BCUT2D eigenvalue weighted by Gasteiger charge is -2.30. The van der Waals surface area contributed by atoms with E-state index in [9.17, 15) is 4.79 Å². The predicted octanol–water partition coefficient (Wildman–Crippen LogP) is 4.29. The van der Waals surface area contributed by atoms with Gasteiger partial charge in [0.05, 0.1) is 0 Å². The minimum absolute atomic E-state index is 0.570. The second-order valence-electron chi connectivity index (χ2n) is 5.94. The number of amides is 1. The van der Waals surface area contributed by atoms with Crippen molar-refractivity contribution in [1.82, 2.24) is 4.90 Å². The number of rotatable bonds is 3. The lowest BCUT2D eigenvalue weighted by atomic mass is 9.87. The number of benzene rings is 2. The lowest BCUT2D eigenvalue weighted by Crippen LogP contribution is -2.37. The van der Waals surface area contributed by atoms with E-state index >= 15 is 0 Å². The highest BCUT2D eigenvalue weighted by Gasteiger charge is 2.23. The summed E-state index contributed by atoms with van der Waals surface area (Å²) < 4.78 is 0. The van der Waals surface area contributed by atoms with Gasteiger partial charge >= 0.3 is 6.09 Å². The van der Waals surface area contributed by atoms with Gasteiger partial charge in [-0.05, 0) is 41.9 Å². The Hall–Kier alpha value is -2.29. The van der Waals surface area contributed by atoms with E-state index in [0.29, 0.717) is 19.0 Å². The third kappa shape index (κ3) is 3.30. The molecule has 2 aromatic carbocycles. The Labute approximate surface area is 131 Å².